The largest absolute Gasteiger partial charge is 0.467 e. The highest BCUT2D eigenvalue weighted by Crippen LogP contribution is 2.26. The van der Waals surface area contributed by atoms with Gasteiger partial charge in [-0.15, -0.1) is 24.0 Å². The lowest BCUT2D eigenvalue weighted by molar-refractivity contribution is -0.120. The molecular weight excluding hydrogens is 443 g/mol. The van der Waals surface area contributed by atoms with Gasteiger partial charge in [-0.3, -0.25) is 9.79 Å². The van der Waals surface area contributed by atoms with Gasteiger partial charge in [0.1, 0.15) is 5.76 Å². The van der Waals surface area contributed by atoms with E-state index in [1.54, 1.807) is 19.4 Å². The number of carbonyl (C=O) groups excluding carboxylic acids is 1. The number of nitrogens with one attached hydrogen (secondary N) is 2. The molecular formula is C19H25IN4O2. The van der Waals surface area contributed by atoms with Crippen molar-refractivity contribution >= 4 is 35.8 Å². The summed E-state index contributed by atoms with van der Waals surface area (Å²) in [7, 11) is 1.75. The summed E-state index contributed by atoms with van der Waals surface area (Å²) in [4.78, 5) is 18.5. The smallest absolute Gasteiger partial charge is 0.239 e. The summed E-state index contributed by atoms with van der Waals surface area (Å²) in [5, 5.41) is 5.97. The molecule has 0 radical (unpaired) electrons. The highest BCUT2D eigenvalue weighted by atomic mass is 127. The molecule has 0 spiro atoms. The quantitative estimate of drug-likeness (QED) is 0.402. The van der Waals surface area contributed by atoms with Crippen LogP contribution in [0.3, 0.4) is 0 Å². The van der Waals surface area contributed by atoms with Crippen LogP contribution in [-0.4, -0.2) is 43.4 Å². The molecule has 3 rings (SSSR count). The molecule has 1 saturated heterocycles. The van der Waals surface area contributed by atoms with Gasteiger partial charge in [0, 0.05) is 26.1 Å². The Morgan fingerprint density at radius 3 is 2.73 bits per heavy atom. The number of amides is 1. The van der Waals surface area contributed by atoms with Crippen molar-refractivity contribution in [3.8, 4) is 0 Å². The summed E-state index contributed by atoms with van der Waals surface area (Å²) in [5.74, 6) is 1.93. The molecule has 1 aromatic heterocycles. The van der Waals surface area contributed by atoms with E-state index >= 15 is 0 Å². The Morgan fingerprint density at radius 2 is 2.04 bits per heavy atom. The molecule has 1 aliphatic rings. The number of nitrogens with zero attached hydrogens (tertiary/aromatic N) is 2. The van der Waals surface area contributed by atoms with Crippen LogP contribution in [0.2, 0.25) is 0 Å². The van der Waals surface area contributed by atoms with Crippen LogP contribution in [0.1, 0.15) is 23.7 Å². The second-order valence-corrected chi connectivity index (χ2v) is 6.10. The van der Waals surface area contributed by atoms with E-state index in [0.717, 1.165) is 31.2 Å². The van der Waals surface area contributed by atoms with Crippen LogP contribution in [0.25, 0.3) is 0 Å². The molecule has 6 nitrogen and oxygen atoms in total. The van der Waals surface area contributed by atoms with Gasteiger partial charge in [-0.25, -0.2) is 0 Å². The molecule has 1 atom stereocenters. The van der Waals surface area contributed by atoms with E-state index < -0.39 is 0 Å². The molecule has 140 valence electrons. The van der Waals surface area contributed by atoms with E-state index in [2.05, 4.69) is 44.8 Å². The summed E-state index contributed by atoms with van der Waals surface area (Å²) in [6.07, 6.45) is 2.69. The first-order valence-electron chi connectivity index (χ1n) is 8.56. The van der Waals surface area contributed by atoms with Crippen molar-refractivity contribution in [2.75, 3.05) is 26.7 Å². The Labute approximate surface area is 171 Å². The molecule has 1 amide bonds. The molecule has 2 aromatic rings. The van der Waals surface area contributed by atoms with Gasteiger partial charge in [0.05, 0.1) is 19.4 Å². The number of likely N-dealkylation sites (tertiary alicyclic amines) is 1. The molecule has 0 saturated carbocycles. The minimum atomic E-state index is -0.0867. The summed E-state index contributed by atoms with van der Waals surface area (Å²) in [6.45, 7) is 2.44. The number of guanidine groups is 1. The van der Waals surface area contributed by atoms with Crippen LogP contribution < -0.4 is 10.6 Å². The van der Waals surface area contributed by atoms with E-state index in [9.17, 15) is 4.79 Å². The number of carbonyl (C=O) groups is 1. The lowest BCUT2D eigenvalue weighted by atomic mass is 9.99. The number of benzene rings is 1. The van der Waals surface area contributed by atoms with E-state index in [-0.39, 0.29) is 36.4 Å². The maximum absolute atomic E-state index is 12.0. The van der Waals surface area contributed by atoms with E-state index in [1.165, 1.54) is 5.56 Å². The molecule has 1 fully saturated rings. The molecule has 1 aromatic carbocycles. The van der Waals surface area contributed by atoms with E-state index in [4.69, 9.17) is 4.42 Å². The zero-order valence-electron chi connectivity index (χ0n) is 14.9. The maximum Gasteiger partial charge on any atom is 0.239 e. The van der Waals surface area contributed by atoms with Gasteiger partial charge in [-0.05, 0) is 24.1 Å². The van der Waals surface area contributed by atoms with Crippen molar-refractivity contribution in [3.63, 3.8) is 0 Å². The van der Waals surface area contributed by atoms with Gasteiger partial charge < -0.3 is 20.0 Å². The maximum atomic E-state index is 12.0. The first-order valence-corrected chi connectivity index (χ1v) is 8.56. The Kier molecular flexibility index (Phi) is 7.96. The zero-order valence-corrected chi connectivity index (χ0v) is 17.2. The number of hydrogen-bond acceptors (Lipinski definition) is 3. The Morgan fingerprint density at radius 1 is 1.23 bits per heavy atom. The second-order valence-electron chi connectivity index (χ2n) is 6.10. The molecule has 0 bridgehead atoms. The molecule has 0 aliphatic carbocycles. The Bertz CT molecular complexity index is 704. The van der Waals surface area contributed by atoms with Crippen LogP contribution in [0.4, 0.5) is 0 Å². The fourth-order valence-electron chi connectivity index (χ4n) is 3.10. The fraction of sp³-hybridized carbons (Fsp3) is 0.368. The van der Waals surface area contributed by atoms with Crippen LogP contribution in [-0.2, 0) is 11.3 Å². The SMILES string of the molecule is CN=C(NCC(=O)NCc1ccco1)N1CCC(c2ccccc2)C1.I. The van der Waals surface area contributed by atoms with Crippen molar-refractivity contribution in [1.82, 2.24) is 15.5 Å². The first kappa shape index (κ1) is 20.3. The number of rotatable bonds is 5. The predicted molar refractivity (Wildman–Crippen MR) is 113 cm³/mol. The highest BCUT2D eigenvalue weighted by molar-refractivity contribution is 14.0. The molecule has 2 heterocycles. The average molecular weight is 468 g/mol. The number of halogens is 1. The van der Waals surface area contributed by atoms with Crippen molar-refractivity contribution < 1.29 is 9.21 Å². The third kappa shape index (κ3) is 5.48. The van der Waals surface area contributed by atoms with Crippen LogP contribution in [0, 0.1) is 0 Å². The fourth-order valence-corrected chi connectivity index (χ4v) is 3.10. The second kappa shape index (κ2) is 10.2. The topological polar surface area (TPSA) is 69.9 Å². The molecule has 26 heavy (non-hydrogen) atoms. The number of furan rings is 1. The number of aliphatic imine (C=N–C) groups is 1. The van der Waals surface area contributed by atoms with Crippen LogP contribution in [0.5, 0.6) is 0 Å². The zero-order chi connectivity index (χ0) is 17.5. The van der Waals surface area contributed by atoms with Gasteiger partial charge in [0.2, 0.25) is 5.91 Å². The van der Waals surface area contributed by atoms with Crippen molar-refractivity contribution in [1.29, 1.82) is 0 Å². The van der Waals surface area contributed by atoms with E-state index in [1.807, 2.05) is 12.1 Å². The van der Waals surface area contributed by atoms with Crippen LogP contribution in [0.15, 0.2) is 58.1 Å². The van der Waals surface area contributed by atoms with E-state index in [0.29, 0.717) is 12.5 Å². The lowest BCUT2D eigenvalue weighted by Gasteiger charge is -2.21. The first-order chi connectivity index (χ1) is 12.3. The molecule has 1 unspecified atom stereocenters. The lowest BCUT2D eigenvalue weighted by Crippen LogP contribution is -2.44. The third-order valence-electron chi connectivity index (χ3n) is 4.42. The van der Waals surface area contributed by atoms with Gasteiger partial charge in [0.25, 0.3) is 0 Å². The Hall–Kier alpha value is -2.03. The minimum Gasteiger partial charge on any atom is -0.467 e. The number of hydrogen-bond donors (Lipinski definition) is 2. The summed E-state index contributed by atoms with van der Waals surface area (Å²) in [6, 6.07) is 14.2. The Balaban J connectivity index is 0.00000243. The predicted octanol–water partition coefficient (Wildman–Crippen LogP) is 2.58. The van der Waals surface area contributed by atoms with Crippen molar-refractivity contribution in [2.24, 2.45) is 4.99 Å². The average Bonchev–Trinajstić information content (AvgIpc) is 3.33. The van der Waals surface area contributed by atoms with Crippen LogP contribution >= 0.6 is 24.0 Å². The standard InChI is InChI=1S/C19H24N4O2.HI/c1-20-19(22-13-18(24)21-12-17-8-5-11-25-17)23-10-9-16(14-23)15-6-3-2-4-7-15;/h2-8,11,16H,9-10,12-14H2,1H3,(H,20,22)(H,21,24);1H. The molecule has 1 aliphatic heterocycles. The molecule has 7 heteroatoms. The van der Waals surface area contributed by atoms with Gasteiger partial charge in [-0.1, -0.05) is 30.3 Å². The van der Waals surface area contributed by atoms with Crippen molar-refractivity contribution in [3.05, 3.63) is 60.1 Å². The highest BCUT2D eigenvalue weighted by Gasteiger charge is 2.26. The monoisotopic (exact) mass is 468 g/mol. The summed E-state index contributed by atoms with van der Waals surface area (Å²) in [5.41, 5.74) is 1.36. The summed E-state index contributed by atoms with van der Waals surface area (Å²) < 4.78 is 5.20. The van der Waals surface area contributed by atoms with Gasteiger partial charge >= 0.3 is 0 Å². The van der Waals surface area contributed by atoms with Gasteiger partial charge in [-0.2, -0.15) is 0 Å². The third-order valence-corrected chi connectivity index (χ3v) is 4.42. The van der Waals surface area contributed by atoms with Crippen molar-refractivity contribution in [2.45, 2.75) is 18.9 Å². The molecule has 2 N–H and O–H groups in total. The normalized spacial score (nSPS) is 16.9. The summed E-state index contributed by atoms with van der Waals surface area (Å²) >= 11 is 0. The minimum absolute atomic E-state index is 0. The van der Waals surface area contributed by atoms with Gasteiger partial charge in [0.15, 0.2) is 5.96 Å².